The molecule has 2 amide bonds. The number of carbonyl (C=O) groups is 2. The zero-order valence-electron chi connectivity index (χ0n) is 15.0. The van der Waals surface area contributed by atoms with Gasteiger partial charge < -0.3 is 15.4 Å². The number of aromatic nitrogens is 4. The van der Waals surface area contributed by atoms with E-state index < -0.39 is 0 Å². The van der Waals surface area contributed by atoms with Crippen molar-refractivity contribution in [2.45, 2.75) is 19.3 Å². The molecule has 27 heavy (non-hydrogen) atoms. The summed E-state index contributed by atoms with van der Waals surface area (Å²) < 4.78 is 6.65. The summed E-state index contributed by atoms with van der Waals surface area (Å²) in [6.45, 7) is 1.92. The molecular weight excluding hydrogens is 350 g/mol. The molecule has 4 rings (SSSR count). The van der Waals surface area contributed by atoms with Gasteiger partial charge >= 0.3 is 0 Å². The molecule has 0 bridgehead atoms. The van der Waals surface area contributed by atoms with Gasteiger partial charge in [0.15, 0.2) is 5.65 Å². The number of hydrogen-bond donors (Lipinski definition) is 3. The summed E-state index contributed by atoms with van der Waals surface area (Å²) >= 11 is 0. The molecule has 1 aliphatic carbocycles. The quantitative estimate of drug-likeness (QED) is 0.347. The molecule has 1 saturated heterocycles. The minimum Gasteiger partial charge on any atom is -0.383 e. The van der Waals surface area contributed by atoms with Crippen LogP contribution in [0.2, 0.25) is 0 Å². The van der Waals surface area contributed by atoms with E-state index in [1.54, 1.807) is 23.9 Å². The second kappa shape index (κ2) is 7.31. The smallest absolute Gasteiger partial charge is 0.254 e. The highest BCUT2D eigenvalue weighted by molar-refractivity contribution is 6.15. The van der Waals surface area contributed by atoms with E-state index in [0.29, 0.717) is 47.7 Å². The van der Waals surface area contributed by atoms with Crippen LogP contribution in [0.25, 0.3) is 11.7 Å². The van der Waals surface area contributed by atoms with Gasteiger partial charge in [0.1, 0.15) is 0 Å². The summed E-state index contributed by atoms with van der Waals surface area (Å²) in [5.41, 5.74) is 1.61. The lowest BCUT2D eigenvalue weighted by atomic mass is 10.1. The summed E-state index contributed by atoms with van der Waals surface area (Å²) in [7, 11) is 1.63. The van der Waals surface area contributed by atoms with Crippen molar-refractivity contribution in [3.05, 3.63) is 17.3 Å². The number of fused-ring (bicyclic) bond motifs is 1. The second-order valence-electron chi connectivity index (χ2n) is 6.67. The number of methoxy groups -OCH3 is 1. The van der Waals surface area contributed by atoms with Gasteiger partial charge in [-0.3, -0.25) is 14.9 Å². The van der Waals surface area contributed by atoms with E-state index >= 15 is 0 Å². The van der Waals surface area contributed by atoms with Gasteiger partial charge in [0, 0.05) is 31.3 Å². The minimum absolute atomic E-state index is 0.0625. The fourth-order valence-electron chi connectivity index (χ4n) is 2.82. The Bertz CT molecular complexity index is 917. The fourth-order valence-corrected chi connectivity index (χ4v) is 2.82. The number of nitrogens with one attached hydrogen (secondary N) is 3. The topological polar surface area (TPSA) is 123 Å². The molecule has 1 saturated carbocycles. The zero-order valence-corrected chi connectivity index (χ0v) is 15.0. The average Bonchev–Trinajstić information content (AvgIpc) is 3.31. The number of anilines is 2. The minimum atomic E-state index is -0.376. The highest BCUT2D eigenvalue weighted by Gasteiger charge is 2.25. The van der Waals surface area contributed by atoms with Crippen LogP contribution >= 0.6 is 0 Å². The third-order valence-electron chi connectivity index (χ3n) is 4.46. The maximum Gasteiger partial charge on any atom is 0.254 e. The monoisotopic (exact) mass is 371 g/mol. The van der Waals surface area contributed by atoms with Crippen LogP contribution < -0.4 is 16.0 Å². The summed E-state index contributed by atoms with van der Waals surface area (Å²) in [6, 6.07) is 0. The van der Waals surface area contributed by atoms with Crippen molar-refractivity contribution in [2.24, 2.45) is 5.92 Å². The summed E-state index contributed by atoms with van der Waals surface area (Å²) in [4.78, 5) is 32.3. The van der Waals surface area contributed by atoms with Crippen LogP contribution in [0.3, 0.4) is 0 Å². The van der Waals surface area contributed by atoms with Gasteiger partial charge in [-0.1, -0.05) is 0 Å². The van der Waals surface area contributed by atoms with Crippen LogP contribution in [0.4, 0.5) is 11.9 Å². The molecule has 0 aromatic carbocycles. The van der Waals surface area contributed by atoms with Crippen molar-refractivity contribution in [3.8, 4) is 0 Å². The Morgan fingerprint density at radius 3 is 2.89 bits per heavy atom. The molecule has 0 unspecified atom stereocenters. The molecule has 2 aromatic heterocycles. The van der Waals surface area contributed by atoms with Crippen LogP contribution in [0.1, 0.15) is 24.8 Å². The second-order valence-corrected chi connectivity index (χ2v) is 6.67. The molecule has 2 aliphatic rings. The largest absolute Gasteiger partial charge is 0.383 e. The molecule has 142 valence electrons. The number of amides is 2. The number of hydrogen-bond acceptors (Lipinski definition) is 8. The Labute approximate surface area is 155 Å². The highest BCUT2D eigenvalue weighted by Crippen LogP contribution is 2.29. The van der Waals surface area contributed by atoms with E-state index in [0.717, 1.165) is 6.54 Å². The summed E-state index contributed by atoms with van der Waals surface area (Å²) in [5.74, 6) is 1.03. The Morgan fingerprint density at radius 2 is 2.19 bits per heavy atom. The van der Waals surface area contributed by atoms with Crippen LogP contribution in [0.5, 0.6) is 0 Å². The van der Waals surface area contributed by atoms with Gasteiger partial charge in [-0.2, -0.15) is 19.6 Å². The molecule has 0 radical (unpaired) electrons. The van der Waals surface area contributed by atoms with E-state index in [1.807, 2.05) is 0 Å². The van der Waals surface area contributed by atoms with E-state index in [4.69, 9.17) is 4.74 Å². The van der Waals surface area contributed by atoms with Crippen molar-refractivity contribution in [1.82, 2.24) is 24.9 Å². The van der Waals surface area contributed by atoms with Gasteiger partial charge in [0.25, 0.3) is 5.91 Å². The Hall–Kier alpha value is -3.01. The highest BCUT2D eigenvalue weighted by atomic mass is 16.5. The van der Waals surface area contributed by atoms with Gasteiger partial charge in [-0.05, 0) is 24.8 Å². The first kappa shape index (κ1) is 17.4. The number of ether oxygens (including phenoxy) is 1. The van der Waals surface area contributed by atoms with Gasteiger partial charge in [-0.25, -0.2) is 0 Å². The molecule has 0 spiro atoms. The molecule has 10 nitrogen and oxygen atoms in total. The molecule has 3 N–H and O–H groups in total. The molecule has 1 aliphatic heterocycles. The Morgan fingerprint density at radius 1 is 1.33 bits per heavy atom. The van der Waals surface area contributed by atoms with Gasteiger partial charge in [-0.15, -0.1) is 0 Å². The maximum atomic E-state index is 11.8. The first-order valence-corrected chi connectivity index (χ1v) is 8.91. The predicted octanol–water partition coefficient (Wildman–Crippen LogP) is 0.434. The third kappa shape index (κ3) is 3.90. The Balaban J connectivity index is 1.68. The fraction of sp³-hybridized carbons (Fsp3) is 0.471. The third-order valence-corrected chi connectivity index (χ3v) is 4.46. The SMILES string of the molecule is COCCNc1nc(NCC2CC2)nc2c(/C=C3\CC(=O)NC3=O)cnn12. The van der Waals surface area contributed by atoms with Crippen molar-refractivity contribution < 1.29 is 14.3 Å². The lowest BCUT2D eigenvalue weighted by Gasteiger charge is -2.10. The summed E-state index contributed by atoms with van der Waals surface area (Å²) in [6.07, 6.45) is 5.77. The lowest BCUT2D eigenvalue weighted by Crippen LogP contribution is -2.19. The van der Waals surface area contributed by atoms with Crippen LogP contribution in [-0.4, -0.2) is 58.2 Å². The van der Waals surface area contributed by atoms with E-state index in [2.05, 4.69) is 31.0 Å². The molecule has 10 heteroatoms. The normalized spacial score (nSPS) is 18.3. The first-order valence-electron chi connectivity index (χ1n) is 8.91. The van der Waals surface area contributed by atoms with Crippen molar-refractivity contribution in [1.29, 1.82) is 0 Å². The lowest BCUT2D eigenvalue weighted by molar-refractivity contribution is -0.124. The van der Waals surface area contributed by atoms with E-state index in [1.165, 1.54) is 12.8 Å². The molecule has 2 aromatic rings. The number of rotatable bonds is 8. The number of imide groups is 1. The van der Waals surface area contributed by atoms with Gasteiger partial charge in [0.05, 0.1) is 19.2 Å². The van der Waals surface area contributed by atoms with E-state index in [9.17, 15) is 9.59 Å². The maximum absolute atomic E-state index is 11.8. The van der Waals surface area contributed by atoms with E-state index in [-0.39, 0.29) is 18.2 Å². The number of nitrogens with zero attached hydrogens (tertiary/aromatic N) is 4. The van der Waals surface area contributed by atoms with Crippen molar-refractivity contribution >= 4 is 35.4 Å². The first-order chi connectivity index (χ1) is 13.1. The van der Waals surface area contributed by atoms with Crippen molar-refractivity contribution in [3.63, 3.8) is 0 Å². The standard InChI is InChI=1S/C17H21N7O3/c1-27-5-4-18-17-23-16(19-8-10-2-3-10)22-14-12(9-20-24(14)17)6-11-7-13(25)21-15(11)26/h6,9-10H,2-5,7-8H2,1H3,(H,21,25,26)(H2,18,19,22,23)/b11-6+. The molecule has 2 fully saturated rings. The average molecular weight is 371 g/mol. The molecular formula is C17H21N7O3. The number of carbonyl (C=O) groups excluding carboxylic acids is 2. The van der Waals surface area contributed by atoms with Crippen molar-refractivity contribution in [2.75, 3.05) is 37.4 Å². The molecule has 3 heterocycles. The van der Waals surface area contributed by atoms with Gasteiger partial charge in [0.2, 0.25) is 17.8 Å². The van der Waals surface area contributed by atoms with Crippen LogP contribution in [0.15, 0.2) is 11.8 Å². The zero-order chi connectivity index (χ0) is 18.8. The predicted molar refractivity (Wildman–Crippen MR) is 98.1 cm³/mol. The van der Waals surface area contributed by atoms with Crippen LogP contribution in [0, 0.1) is 5.92 Å². The van der Waals surface area contributed by atoms with Crippen LogP contribution in [-0.2, 0) is 14.3 Å². The Kier molecular flexibility index (Phi) is 4.71. The summed E-state index contributed by atoms with van der Waals surface area (Å²) in [5, 5.41) is 13.1. The molecule has 0 atom stereocenters.